The summed E-state index contributed by atoms with van der Waals surface area (Å²) in [4.78, 5) is 0. The van der Waals surface area contributed by atoms with Crippen LogP contribution in [0.25, 0.3) is 0 Å². The Labute approximate surface area is 107 Å². The molecule has 0 spiro atoms. The van der Waals surface area contributed by atoms with Crippen LogP contribution in [-0.2, 0) is 0 Å². The lowest BCUT2D eigenvalue weighted by molar-refractivity contribution is 0.124. The molecule has 0 amide bonds. The van der Waals surface area contributed by atoms with E-state index in [9.17, 15) is 5.11 Å². The maximum Gasteiger partial charge on any atom is 0.104 e. The molecule has 0 saturated heterocycles. The van der Waals surface area contributed by atoms with E-state index in [1.807, 2.05) is 0 Å². The summed E-state index contributed by atoms with van der Waals surface area (Å²) in [6.07, 6.45) is 11.1. The van der Waals surface area contributed by atoms with Crippen LogP contribution in [0.2, 0.25) is 0 Å². The smallest absolute Gasteiger partial charge is 0.104 e. The molecule has 1 unspecified atom stereocenters. The van der Waals surface area contributed by atoms with E-state index >= 15 is 0 Å². The lowest BCUT2D eigenvalue weighted by atomic mass is 10.1. The maximum absolute atomic E-state index is 9.65. The van der Waals surface area contributed by atoms with Crippen LogP contribution in [0.3, 0.4) is 0 Å². The van der Waals surface area contributed by atoms with Gasteiger partial charge in [-0.15, -0.1) is 0 Å². The molecule has 0 radical (unpaired) electrons. The third-order valence-electron chi connectivity index (χ3n) is 3.05. The molecule has 17 heavy (non-hydrogen) atoms. The second-order valence-corrected chi connectivity index (χ2v) is 4.81. The summed E-state index contributed by atoms with van der Waals surface area (Å²) in [5.74, 6) is 0. The second-order valence-electron chi connectivity index (χ2n) is 4.81. The van der Waals surface area contributed by atoms with Gasteiger partial charge in [0, 0.05) is 6.61 Å². The standard InChI is InChI=1S/C14H31NO2/c1-2-3-4-5-6-8-11-14(17)15-12-9-7-10-13-16/h14-17H,2-13H2,1H3. The third kappa shape index (κ3) is 13.8. The predicted molar refractivity (Wildman–Crippen MR) is 72.9 cm³/mol. The minimum atomic E-state index is -0.338. The minimum absolute atomic E-state index is 0.278. The highest BCUT2D eigenvalue weighted by molar-refractivity contribution is 4.55. The number of rotatable bonds is 13. The highest BCUT2D eigenvalue weighted by atomic mass is 16.3. The van der Waals surface area contributed by atoms with Gasteiger partial charge < -0.3 is 10.2 Å². The molecule has 3 N–H and O–H groups in total. The van der Waals surface area contributed by atoms with Gasteiger partial charge >= 0.3 is 0 Å². The molecule has 0 aliphatic heterocycles. The van der Waals surface area contributed by atoms with Gasteiger partial charge in [0.2, 0.25) is 0 Å². The Bertz CT molecular complexity index is 142. The molecule has 0 aromatic rings. The number of aliphatic hydroxyl groups excluding tert-OH is 2. The monoisotopic (exact) mass is 245 g/mol. The predicted octanol–water partition coefficient (Wildman–Crippen LogP) is 2.81. The first-order valence-electron chi connectivity index (χ1n) is 7.33. The van der Waals surface area contributed by atoms with E-state index in [2.05, 4.69) is 12.2 Å². The van der Waals surface area contributed by atoms with Crippen molar-refractivity contribution in [1.29, 1.82) is 0 Å². The fraction of sp³-hybridized carbons (Fsp3) is 1.00. The first-order valence-corrected chi connectivity index (χ1v) is 7.33. The molecular formula is C14H31NO2. The fourth-order valence-corrected chi connectivity index (χ4v) is 1.90. The zero-order chi connectivity index (χ0) is 12.8. The van der Waals surface area contributed by atoms with Crippen LogP contribution in [0.5, 0.6) is 0 Å². The molecule has 0 heterocycles. The first kappa shape index (κ1) is 16.9. The normalized spacial score (nSPS) is 12.9. The SMILES string of the molecule is CCCCCCCCC(O)NCCCCCO. The zero-order valence-electron chi connectivity index (χ0n) is 11.5. The van der Waals surface area contributed by atoms with Crippen molar-refractivity contribution in [2.75, 3.05) is 13.2 Å². The van der Waals surface area contributed by atoms with E-state index in [1.165, 1.54) is 32.1 Å². The highest BCUT2D eigenvalue weighted by Crippen LogP contribution is 2.07. The van der Waals surface area contributed by atoms with Crippen molar-refractivity contribution in [2.45, 2.75) is 77.4 Å². The molecule has 0 fully saturated rings. The van der Waals surface area contributed by atoms with Gasteiger partial charge in [0.05, 0.1) is 0 Å². The Kier molecular flexibility index (Phi) is 13.8. The molecule has 0 aromatic carbocycles. The van der Waals surface area contributed by atoms with Crippen molar-refractivity contribution in [1.82, 2.24) is 5.32 Å². The van der Waals surface area contributed by atoms with E-state index < -0.39 is 0 Å². The van der Waals surface area contributed by atoms with Gasteiger partial charge in [0.1, 0.15) is 6.23 Å². The topological polar surface area (TPSA) is 52.5 Å². The number of hydrogen-bond donors (Lipinski definition) is 3. The van der Waals surface area contributed by atoms with Crippen molar-refractivity contribution in [2.24, 2.45) is 0 Å². The van der Waals surface area contributed by atoms with Crippen LogP contribution in [-0.4, -0.2) is 29.6 Å². The summed E-state index contributed by atoms with van der Waals surface area (Å²) < 4.78 is 0. The summed E-state index contributed by atoms with van der Waals surface area (Å²) in [5, 5.41) is 21.4. The Balaban J connectivity index is 3.09. The summed E-state index contributed by atoms with van der Waals surface area (Å²) in [5.41, 5.74) is 0. The van der Waals surface area contributed by atoms with E-state index in [4.69, 9.17) is 5.11 Å². The molecule has 0 aliphatic rings. The van der Waals surface area contributed by atoms with Crippen molar-refractivity contribution in [3.63, 3.8) is 0 Å². The first-order chi connectivity index (χ1) is 8.31. The molecule has 0 bridgehead atoms. The average Bonchev–Trinajstić information content (AvgIpc) is 2.33. The van der Waals surface area contributed by atoms with E-state index in [0.29, 0.717) is 0 Å². The number of nitrogens with one attached hydrogen (secondary N) is 1. The molecule has 1 atom stereocenters. The lowest BCUT2D eigenvalue weighted by Gasteiger charge is -2.12. The third-order valence-corrected chi connectivity index (χ3v) is 3.05. The van der Waals surface area contributed by atoms with E-state index in [-0.39, 0.29) is 12.8 Å². The Hall–Kier alpha value is -0.120. The van der Waals surface area contributed by atoms with Gasteiger partial charge in [0.25, 0.3) is 0 Å². The van der Waals surface area contributed by atoms with Crippen LogP contribution in [0, 0.1) is 0 Å². The summed E-state index contributed by atoms with van der Waals surface area (Å²) >= 11 is 0. The minimum Gasteiger partial charge on any atom is -0.396 e. The van der Waals surface area contributed by atoms with E-state index in [0.717, 1.165) is 38.6 Å². The summed E-state index contributed by atoms with van der Waals surface area (Å²) in [6, 6.07) is 0. The second kappa shape index (κ2) is 13.9. The molecular weight excluding hydrogens is 214 g/mol. The van der Waals surface area contributed by atoms with Crippen LogP contribution in [0.15, 0.2) is 0 Å². The highest BCUT2D eigenvalue weighted by Gasteiger charge is 2.01. The average molecular weight is 245 g/mol. The summed E-state index contributed by atoms with van der Waals surface area (Å²) in [6.45, 7) is 3.36. The largest absolute Gasteiger partial charge is 0.396 e. The molecule has 3 heteroatoms. The van der Waals surface area contributed by atoms with Crippen LogP contribution in [0.4, 0.5) is 0 Å². The Morgan fingerprint density at radius 3 is 2.24 bits per heavy atom. The quantitative estimate of drug-likeness (QED) is 0.345. The summed E-state index contributed by atoms with van der Waals surface area (Å²) in [7, 11) is 0. The van der Waals surface area contributed by atoms with Crippen molar-refractivity contribution >= 4 is 0 Å². The van der Waals surface area contributed by atoms with Gasteiger partial charge in [-0.1, -0.05) is 39.0 Å². The van der Waals surface area contributed by atoms with Crippen molar-refractivity contribution in [3.8, 4) is 0 Å². The Morgan fingerprint density at radius 2 is 1.53 bits per heavy atom. The molecule has 0 aromatic heterocycles. The fourth-order valence-electron chi connectivity index (χ4n) is 1.90. The van der Waals surface area contributed by atoms with Gasteiger partial charge in [-0.05, 0) is 38.6 Å². The van der Waals surface area contributed by atoms with Gasteiger partial charge in [0.15, 0.2) is 0 Å². The van der Waals surface area contributed by atoms with Gasteiger partial charge in [-0.3, -0.25) is 5.32 Å². The van der Waals surface area contributed by atoms with E-state index in [1.54, 1.807) is 0 Å². The number of unbranched alkanes of at least 4 members (excludes halogenated alkanes) is 7. The molecule has 3 nitrogen and oxygen atoms in total. The lowest BCUT2D eigenvalue weighted by Crippen LogP contribution is -2.29. The van der Waals surface area contributed by atoms with Gasteiger partial charge in [-0.2, -0.15) is 0 Å². The van der Waals surface area contributed by atoms with Crippen LogP contribution >= 0.6 is 0 Å². The maximum atomic E-state index is 9.65. The van der Waals surface area contributed by atoms with Crippen LogP contribution in [0.1, 0.15) is 71.1 Å². The number of aliphatic hydroxyl groups is 2. The molecule has 0 aliphatic carbocycles. The van der Waals surface area contributed by atoms with Crippen LogP contribution < -0.4 is 5.32 Å². The van der Waals surface area contributed by atoms with Crippen molar-refractivity contribution < 1.29 is 10.2 Å². The zero-order valence-corrected chi connectivity index (χ0v) is 11.5. The van der Waals surface area contributed by atoms with Crippen molar-refractivity contribution in [3.05, 3.63) is 0 Å². The Morgan fingerprint density at radius 1 is 0.882 bits per heavy atom. The molecule has 0 rings (SSSR count). The van der Waals surface area contributed by atoms with Gasteiger partial charge in [-0.25, -0.2) is 0 Å². The number of hydrogen-bond acceptors (Lipinski definition) is 3. The molecule has 0 saturated carbocycles. The molecule has 104 valence electrons.